The molecule has 1 aromatic rings. The Morgan fingerprint density at radius 1 is 1.19 bits per heavy atom. The van der Waals surface area contributed by atoms with E-state index >= 15 is 0 Å². The number of carbonyl (C=O) groups excluding carboxylic acids is 2. The number of rotatable bonds is 6. The van der Waals surface area contributed by atoms with Crippen molar-refractivity contribution >= 4 is 17.8 Å². The molecule has 6 nitrogen and oxygen atoms in total. The quantitative estimate of drug-likeness (QED) is 0.723. The lowest BCUT2D eigenvalue weighted by Gasteiger charge is -2.19. The van der Waals surface area contributed by atoms with Gasteiger partial charge in [-0.2, -0.15) is 0 Å². The third-order valence-corrected chi connectivity index (χ3v) is 2.83. The summed E-state index contributed by atoms with van der Waals surface area (Å²) in [6.45, 7) is 2.50. The largest absolute Gasteiger partial charge is 0.481 e. The molecule has 0 heterocycles. The smallest absolute Gasteiger partial charge is 0.310 e. The Kier molecular flexibility index (Phi) is 5.40. The first-order valence-corrected chi connectivity index (χ1v) is 6.27. The zero-order chi connectivity index (χ0) is 16.0. The topological polar surface area (TPSA) is 95.5 Å². The number of halogens is 1. The van der Waals surface area contributed by atoms with Gasteiger partial charge in [0.05, 0.1) is 17.5 Å². The number of aliphatic carboxylic acids is 1. The summed E-state index contributed by atoms with van der Waals surface area (Å²) in [4.78, 5) is 34.0. The predicted octanol–water partition coefficient (Wildman–Crippen LogP) is 0.782. The number of hydrogen-bond acceptors (Lipinski definition) is 3. The van der Waals surface area contributed by atoms with Crippen molar-refractivity contribution in [1.29, 1.82) is 0 Å². The van der Waals surface area contributed by atoms with Crippen molar-refractivity contribution in [2.45, 2.75) is 13.8 Å². The molecule has 0 aliphatic carbocycles. The van der Waals surface area contributed by atoms with Gasteiger partial charge < -0.3 is 15.7 Å². The Balaban J connectivity index is 2.45. The number of carbonyl (C=O) groups is 3. The highest BCUT2D eigenvalue weighted by Gasteiger charge is 2.27. The molecule has 0 aromatic heterocycles. The van der Waals surface area contributed by atoms with Crippen LogP contribution in [0.4, 0.5) is 4.39 Å². The Morgan fingerprint density at radius 2 is 1.81 bits per heavy atom. The van der Waals surface area contributed by atoms with Crippen molar-refractivity contribution in [1.82, 2.24) is 10.6 Å². The summed E-state index contributed by atoms with van der Waals surface area (Å²) in [6.07, 6.45) is 0. The summed E-state index contributed by atoms with van der Waals surface area (Å²) in [5, 5.41) is 13.6. The fourth-order valence-electron chi connectivity index (χ4n) is 1.36. The lowest BCUT2D eigenvalue weighted by Crippen LogP contribution is -2.43. The van der Waals surface area contributed by atoms with Gasteiger partial charge in [-0.05, 0) is 26.0 Å². The Labute approximate surface area is 121 Å². The number of carboxylic acids is 1. The maximum atomic E-state index is 13.3. The maximum Gasteiger partial charge on any atom is 0.310 e. The van der Waals surface area contributed by atoms with Crippen molar-refractivity contribution < 1.29 is 23.9 Å². The van der Waals surface area contributed by atoms with Gasteiger partial charge in [-0.25, -0.2) is 4.39 Å². The van der Waals surface area contributed by atoms with E-state index < -0.39 is 29.0 Å². The Hall–Kier alpha value is -2.44. The maximum absolute atomic E-state index is 13.3. The highest BCUT2D eigenvalue weighted by molar-refractivity contribution is 5.96. The van der Waals surface area contributed by atoms with Gasteiger partial charge in [0.1, 0.15) is 5.82 Å². The molecule has 21 heavy (non-hydrogen) atoms. The molecule has 0 atom stereocenters. The minimum absolute atomic E-state index is 0.0727. The van der Waals surface area contributed by atoms with E-state index in [2.05, 4.69) is 10.6 Å². The second-order valence-corrected chi connectivity index (χ2v) is 5.13. The summed E-state index contributed by atoms with van der Waals surface area (Å²) >= 11 is 0. The standard InChI is InChI=1S/C14H17FN2O4/c1-14(2,13(20)21)8-17-11(18)7-16-12(19)9-5-3-4-6-10(9)15/h3-6H,7-8H2,1-2H3,(H,16,19)(H,17,18)(H,20,21). The second-order valence-electron chi connectivity index (χ2n) is 5.13. The second kappa shape index (κ2) is 6.83. The molecule has 114 valence electrons. The van der Waals surface area contributed by atoms with E-state index in [9.17, 15) is 18.8 Å². The van der Waals surface area contributed by atoms with E-state index in [4.69, 9.17) is 5.11 Å². The van der Waals surface area contributed by atoms with Crippen LogP contribution in [0.5, 0.6) is 0 Å². The van der Waals surface area contributed by atoms with Crippen LogP contribution < -0.4 is 10.6 Å². The van der Waals surface area contributed by atoms with E-state index in [1.165, 1.54) is 32.0 Å². The van der Waals surface area contributed by atoms with E-state index in [1.54, 1.807) is 0 Å². The minimum Gasteiger partial charge on any atom is -0.481 e. The lowest BCUT2D eigenvalue weighted by molar-refractivity contribution is -0.146. The zero-order valence-corrected chi connectivity index (χ0v) is 11.8. The molecule has 2 amide bonds. The molecule has 1 aromatic carbocycles. The molecule has 0 unspecified atom stereocenters. The van der Waals surface area contributed by atoms with Crippen LogP contribution in [0.15, 0.2) is 24.3 Å². The van der Waals surface area contributed by atoms with Crippen molar-refractivity contribution in [2.24, 2.45) is 5.41 Å². The number of hydrogen-bond donors (Lipinski definition) is 3. The van der Waals surface area contributed by atoms with Crippen molar-refractivity contribution in [3.05, 3.63) is 35.6 Å². The van der Waals surface area contributed by atoms with Crippen LogP contribution in [0.25, 0.3) is 0 Å². The van der Waals surface area contributed by atoms with Crippen LogP contribution in [0.3, 0.4) is 0 Å². The minimum atomic E-state index is -1.11. The van der Waals surface area contributed by atoms with Crippen LogP contribution in [0.2, 0.25) is 0 Å². The molecule has 3 N–H and O–H groups in total. The first-order valence-electron chi connectivity index (χ1n) is 6.27. The summed E-state index contributed by atoms with van der Waals surface area (Å²) < 4.78 is 13.3. The molecular formula is C14H17FN2O4. The normalized spacial score (nSPS) is 10.8. The monoisotopic (exact) mass is 296 g/mol. The van der Waals surface area contributed by atoms with Crippen molar-refractivity contribution in [3.8, 4) is 0 Å². The van der Waals surface area contributed by atoms with E-state index in [1.807, 2.05) is 0 Å². The van der Waals surface area contributed by atoms with E-state index in [0.29, 0.717) is 0 Å². The fourth-order valence-corrected chi connectivity index (χ4v) is 1.36. The molecule has 0 radical (unpaired) electrons. The highest BCUT2D eigenvalue weighted by atomic mass is 19.1. The highest BCUT2D eigenvalue weighted by Crippen LogP contribution is 2.12. The average Bonchev–Trinajstić information content (AvgIpc) is 2.43. The van der Waals surface area contributed by atoms with Crippen LogP contribution in [-0.2, 0) is 9.59 Å². The molecule has 0 aliphatic rings. The molecule has 7 heteroatoms. The molecule has 0 spiro atoms. The van der Waals surface area contributed by atoms with Gasteiger partial charge in [0.25, 0.3) is 5.91 Å². The Morgan fingerprint density at radius 3 is 2.38 bits per heavy atom. The number of carboxylic acid groups (broad SMARTS) is 1. The van der Waals surface area contributed by atoms with Gasteiger partial charge >= 0.3 is 5.97 Å². The van der Waals surface area contributed by atoms with Crippen LogP contribution in [0, 0.1) is 11.2 Å². The molecule has 0 aliphatic heterocycles. The van der Waals surface area contributed by atoms with Gasteiger partial charge in [0, 0.05) is 6.54 Å². The van der Waals surface area contributed by atoms with Gasteiger partial charge in [0.2, 0.25) is 5.91 Å². The fraction of sp³-hybridized carbons (Fsp3) is 0.357. The number of nitrogens with one attached hydrogen (secondary N) is 2. The summed E-state index contributed by atoms with van der Waals surface area (Å²) in [6, 6.07) is 5.40. The van der Waals surface area contributed by atoms with Gasteiger partial charge in [-0.15, -0.1) is 0 Å². The van der Waals surface area contributed by atoms with Gasteiger partial charge in [-0.1, -0.05) is 12.1 Å². The number of benzene rings is 1. The third-order valence-electron chi connectivity index (χ3n) is 2.83. The first-order chi connectivity index (χ1) is 9.74. The van der Waals surface area contributed by atoms with Crippen LogP contribution >= 0.6 is 0 Å². The van der Waals surface area contributed by atoms with E-state index in [-0.39, 0.29) is 18.7 Å². The van der Waals surface area contributed by atoms with Gasteiger partial charge in [-0.3, -0.25) is 14.4 Å². The van der Waals surface area contributed by atoms with E-state index in [0.717, 1.165) is 6.07 Å². The van der Waals surface area contributed by atoms with Gasteiger partial charge in [0.15, 0.2) is 0 Å². The molecular weight excluding hydrogens is 279 g/mol. The lowest BCUT2D eigenvalue weighted by atomic mass is 9.94. The van der Waals surface area contributed by atoms with Crippen LogP contribution in [-0.4, -0.2) is 36.0 Å². The molecule has 0 saturated carbocycles. The van der Waals surface area contributed by atoms with Crippen LogP contribution in [0.1, 0.15) is 24.2 Å². The molecule has 0 saturated heterocycles. The first kappa shape index (κ1) is 16.6. The molecule has 0 bridgehead atoms. The zero-order valence-electron chi connectivity index (χ0n) is 11.8. The van der Waals surface area contributed by atoms with Crippen molar-refractivity contribution in [2.75, 3.05) is 13.1 Å². The average molecular weight is 296 g/mol. The third kappa shape index (κ3) is 4.87. The predicted molar refractivity (Wildman–Crippen MR) is 73.2 cm³/mol. The van der Waals surface area contributed by atoms with Crippen molar-refractivity contribution in [3.63, 3.8) is 0 Å². The number of amides is 2. The summed E-state index contributed by atoms with van der Waals surface area (Å²) in [5.41, 5.74) is -1.26. The SMILES string of the molecule is CC(C)(CNC(=O)CNC(=O)c1ccccc1F)C(=O)O. The summed E-state index contributed by atoms with van der Waals surface area (Å²) in [7, 11) is 0. The molecule has 1 rings (SSSR count). The summed E-state index contributed by atoms with van der Waals surface area (Å²) in [5.74, 6) is -2.98. The molecule has 0 fully saturated rings. The Bertz CT molecular complexity index is 558.